The number of halogens is 1. The SMILES string of the molecule is CC(C)Cc1cncnc1Cl. The van der Waals surface area contributed by atoms with E-state index in [4.69, 9.17) is 11.6 Å². The molecule has 0 bridgehead atoms. The average Bonchev–Trinajstić information content (AvgIpc) is 1.93. The Bertz CT molecular complexity index is 235. The van der Waals surface area contributed by atoms with Crippen LogP contribution in [-0.4, -0.2) is 9.97 Å². The van der Waals surface area contributed by atoms with Crippen LogP contribution in [0.2, 0.25) is 5.15 Å². The summed E-state index contributed by atoms with van der Waals surface area (Å²) in [5.41, 5.74) is 1.03. The fourth-order valence-corrected chi connectivity index (χ4v) is 1.09. The van der Waals surface area contributed by atoms with Crippen LogP contribution in [0.1, 0.15) is 19.4 Å². The monoisotopic (exact) mass is 170 g/mol. The normalized spacial score (nSPS) is 10.5. The van der Waals surface area contributed by atoms with Gasteiger partial charge in [0.15, 0.2) is 0 Å². The van der Waals surface area contributed by atoms with Gasteiger partial charge in [0.25, 0.3) is 0 Å². The van der Waals surface area contributed by atoms with Gasteiger partial charge in [-0.2, -0.15) is 0 Å². The number of aromatic nitrogens is 2. The highest BCUT2D eigenvalue weighted by Gasteiger charge is 2.02. The molecule has 1 aromatic rings. The van der Waals surface area contributed by atoms with Crippen LogP contribution in [0.5, 0.6) is 0 Å². The third kappa shape index (κ3) is 2.46. The van der Waals surface area contributed by atoms with Crippen LogP contribution in [0, 0.1) is 5.92 Å². The van der Waals surface area contributed by atoms with Crippen LogP contribution in [0.15, 0.2) is 12.5 Å². The molecule has 0 N–H and O–H groups in total. The van der Waals surface area contributed by atoms with Crippen molar-refractivity contribution in [3.05, 3.63) is 23.2 Å². The molecule has 1 heterocycles. The molecule has 0 saturated heterocycles. The zero-order chi connectivity index (χ0) is 8.27. The van der Waals surface area contributed by atoms with E-state index in [0.29, 0.717) is 11.1 Å². The first-order valence-electron chi connectivity index (χ1n) is 3.64. The van der Waals surface area contributed by atoms with E-state index in [0.717, 1.165) is 12.0 Å². The largest absolute Gasteiger partial charge is 0.244 e. The molecule has 0 amide bonds. The molecule has 0 radical (unpaired) electrons. The fourth-order valence-electron chi connectivity index (χ4n) is 0.920. The Labute approximate surface area is 71.6 Å². The number of nitrogens with zero attached hydrogens (tertiary/aromatic N) is 2. The van der Waals surface area contributed by atoms with Crippen LogP contribution in [0.4, 0.5) is 0 Å². The lowest BCUT2D eigenvalue weighted by molar-refractivity contribution is 0.643. The maximum absolute atomic E-state index is 5.82. The lowest BCUT2D eigenvalue weighted by atomic mass is 10.1. The molecule has 11 heavy (non-hydrogen) atoms. The minimum atomic E-state index is 0.578. The van der Waals surface area contributed by atoms with Crippen molar-refractivity contribution >= 4 is 11.6 Å². The van der Waals surface area contributed by atoms with Crippen molar-refractivity contribution < 1.29 is 0 Å². The standard InChI is InChI=1S/C8H11ClN2/c1-6(2)3-7-4-10-5-11-8(7)9/h4-6H,3H2,1-2H3. The van der Waals surface area contributed by atoms with Crippen LogP contribution in [0.25, 0.3) is 0 Å². The van der Waals surface area contributed by atoms with E-state index in [1.54, 1.807) is 6.20 Å². The Balaban J connectivity index is 2.78. The second-order valence-electron chi connectivity index (χ2n) is 2.94. The third-order valence-corrected chi connectivity index (χ3v) is 1.70. The first kappa shape index (κ1) is 8.47. The van der Waals surface area contributed by atoms with Gasteiger partial charge in [-0.3, -0.25) is 0 Å². The Morgan fingerprint density at radius 2 is 2.27 bits per heavy atom. The van der Waals surface area contributed by atoms with Gasteiger partial charge in [-0.1, -0.05) is 25.4 Å². The Hall–Kier alpha value is -0.630. The van der Waals surface area contributed by atoms with Crippen LogP contribution in [-0.2, 0) is 6.42 Å². The van der Waals surface area contributed by atoms with E-state index in [-0.39, 0.29) is 0 Å². The molecule has 1 rings (SSSR count). The average molecular weight is 171 g/mol. The summed E-state index contributed by atoms with van der Waals surface area (Å²) in [6.07, 6.45) is 4.18. The molecule has 0 aliphatic rings. The van der Waals surface area contributed by atoms with E-state index in [1.165, 1.54) is 6.33 Å². The number of hydrogen-bond donors (Lipinski definition) is 0. The lowest BCUT2D eigenvalue weighted by Crippen LogP contribution is -1.96. The number of hydrogen-bond acceptors (Lipinski definition) is 2. The highest BCUT2D eigenvalue weighted by molar-refractivity contribution is 6.30. The predicted octanol–water partition coefficient (Wildman–Crippen LogP) is 2.33. The van der Waals surface area contributed by atoms with Gasteiger partial charge in [-0.25, -0.2) is 9.97 Å². The summed E-state index contributed by atoms with van der Waals surface area (Å²) in [6, 6.07) is 0. The molecule has 1 aromatic heterocycles. The highest BCUT2D eigenvalue weighted by Crippen LogP contribution is 2.14. The van der Waals surface area contributed by atoms with Gasteiger partial charge in [0.2, 0.25) is 0 Å². The molecule has 0 aliphatic heterocycles. The second-order valence-corrected chi connectivity index (χ2v) is 3.29. The predicted molar refractivity (Wildman–Crippen MR) is 45.6 cm³/mol. The van der Waals surface area contributed by atoms with Crippen LogP contribution < -0.4 is 0 Å². The molecule has 60 valence electrons. The zero-order valence-electron chi connectivity index (χ0n) is 6.71. The summed E-state index contributed by atoms with van der Waals surface area (Å²) in [6.45, 7) is 4.28. The molecular weight excluding hydrogens is 160 g/mol. The molecule has 2 nitrogen and oxygen atoms in total. The van der Waals surface area contributed by atoms with Crippen LogP contribution in [0.3, 0.4) is 0 Å². The Kier molecular flexibility index (Phi) is 2.83. The molecule has 0 unspecified atom stereocenters. The highest BCUT2D eigenvalue weighted by atomic mass is 35.5. The Morgan fingerprint density at radius 1 is 1.55 bits per heavy atom. The molecule has 3 heteroatoms. The summed E-state index contributed by atoms with van der Waals surface area (Å²) in [5.74, 6) is 0.596. The smallest absolute Gasteiger partial charge is 0.135 e. The quantitative estimate of drug-likeness (QED) is 0.637. The molecule has 0 fully saturated rings. The molecule has 0 aliphatic carbocycles. The maximum Gasteiger partial charge on any atom is 0.135 e. The second kappa shape index (κ2) is 3.67. The van der Waals surface area contributed by atoms with Gasteiger partial charge >= 0.3 is 0 Å². The van der Waals surface area contributed by atoms with Crippen molar-refractivity contribution in [2.75, 3.05) is 0 Å². The molecule has 0 atom stereocenters. The van der Waals surface area contributed by atoms with Crippen molar-refractivity contribution in [1.82, 2.24) is 9.97 Å². The van der Waals surface area contributed by atoms with Gasteiger partial charge in [0.05, 0.1) is 0 Å². The van der Waals surface area contributed by atoms with Gasteiger partial charge in [0.1, 0.15) is 11.5 Å². The van der Waals surface area contributed by atoms with E-state index in [2.05, 4.69) is 23.8 Å². The van der Waals surface area contributed by atoms with Crippen molar-refractivity contribution in [1.29, 1.82) is 0 Å². The van der Waals surface area contributed by atoms with E-state index in [1.807, 2.05) is 0 Å². The van der Waals surface area contributed by atoms with Gasteiger partial charge in [-0.05, 0) is 12.3 Å². The van der Waals surface area contributed by atoms with Crippen molar-refractivity contribution in [3.63, 3.8) is 0 Å². The molecule has 0 aromatic carbocycles. The molecular formula is C8H11ClN2. The van der Waals surface area contributed by atoms with Gasteiger partial charge < -0.3 is 0 Å². The summed E-state index contributed by atoms with van der Waals surface area (Å²) >= 11 is 5.82. The summed E-state index contributed by atoms with van der Waals surface area (Å²) in [5, 5.41) is 0.578. The van der Waals surface area contributed by atoms with Crippen molar-refractivity contribution in [2.45, 2.75) is 20.3 Å². The first-order valence-corrected chi connectivity index (χ1v) is 4.02. The van der Waals surface area contributed by atoms with Gasteiger partial charge in [-0.15, -0.1) is 0 Å². The van der Waals surface area contributed by atoms with E-state index in [9.17, 15) is 0 Å². The fraction of sp³-hybridized carbons (Fsp3) is 0.500. The Morgan fingerprint density at radius 3 is 2.82 bits per heavy atom. The maximum atomic E-state index is 5.82. The zero-order valence-corrected chi connectivity index (χ0v) is 7.47. The summed E-state index contributed by atoms with van der Waals surface area (Å²) in [7, 11) is 0. The van der Waals surface area contributed by atoms with Crippen molar-refractivity contribution in [2.24, 2.45) is 5.92 Å². The third-order valence-electron chi connectivity index (χ3n) is 1.36. The lowest BCUT2D eigenvalue weighted by Gasteiger charge is -2.04. The van der Waals surface area contributed by atoms with Gasteiger partial charge in [0, 0.05) is 11.8 Å². The van der Waals surface area contributed by atoms with Crippen molar-refractivity contribution in [3.8, 4) is 0 Å². The minimum absolute atomic E-state index is 0.578. The van der Waals surface area contributed by atoms with E-state index >= 15 is 0 Å². The minimum Gasteiger partial charge on any atom is -0.244 e. The topological polar surface area (TPSA) is 25.8 Å². The van der Waals surface area contributed by atoms with E-state index < -0.39 is 0 Å². The van der Waals surface area contributed by atoms with Crippen LogP contribution >= 0.6 is 11.6 Å². The molecule has 0 saturated carbocycles. The number of rotatable bonds is 2. The first-order chi connectivity index (χ1) is 5.20. The molecule has 0 spiro atoms. The summed E-state index contributed by atoms with van der Waals surface area (Å²) < 4.78 is 0. The summed E-state index contributed by atoms with van der Waals surface area (Å²) in [4.78, 5) is 7.79.